The van der Waals surface area contributed by atoms with Gasteiger partial charge in [0.15, 0.2) is 5.96 Å². The van der Waals surface area contributed by atoms with E-state index in [0.29, 0.717) is 24.6 Å². The van der Waals surface area contributed by atoms with E-state index in [2.05, 4.69) is 20.6 Å². The standard InChI is InChI=1S/C16H20F3N5.HI/c1-3-20-16(22-9-12-4-5-13(17)11(2)8-12)23-10-14-21-6-7-24(14)15(18)19;/h4-8,15H,3,9-10H2,1-2H3,(H2,20,22,23);1H. The molecule has 2 rings (SSSR count). The van der Waals surface area contributed by atoms with Gasteiger partial charge in [-0.25, -0.2) is 14.4 Å². The highest BCUT2D eigenvalue weighted by molar-refractivity contribution is 14.0. The summed E-state index contributed by atoms with van der Waals surface area (Å²) < 4.78 is 39.6. The van der Waals surface area contributed by atoms with E-state index in [1.54, 1.807) is 19.1 Å². The molecule has 0 bridgehead atoms. The molecule has 0 amide bonds. The third-order valence-electron chi connectivity index (χ3n) is 3.36. The summed E-state index contributed by atoms with van der Waals surface area (Å²) in [6, 6.07) is 4.80. The molecule has 25 heavy (non-hydrogen) atoms. The van der Waals surface area contributed by atoms with Gasteiger partial charge in [-0.15, -0.1) is 24.0 Å². The van der Waals surface area contributed by atoms with Gasteiger partial charge in [-0.05, 0) is 31.0 Å². The molecule has 0 aliphatic rings. The van der Waals surface area contributed by atoms with Crippen molar-refractivity contribution in [3.63, 3.8) is 0 Å². The molecule has 0 aliphatic carbocycles. The van der Waals surface area contributed by atoms with Crippen LogP contribution in [0.1, 0.15) is 30.4 Å². The molecule has 1 heterocycles. The Morgan fingerprint density at radius 2 is 2.08 bits per heavy atom. The highest BCUT2D eigenvalue weighted by Crippen LogP contribution is 2.12. The van der Waals surface area contributed by atoms with Crippen molar-refractivity contribution < 1.29 is 13.2 Å². The number of halogens is 4. The van der Waals surface area contributed by atoms with Crippen LogP contribution in [0.5, 0.6) is 0 Å². The zero-order valence-electron chi connectivity index (χ0n) is 14.0. The van der Waals surface area contributed by atoms with Crippen LogP contribution in [0.15, 0.2) is 35.6 Å². The molecule has 0 radical (unpaired) electrons. The minimum Gasteiger partial charge on any atom is -0.357 e. The average molecular weight is 467 g/mol. The van der Waals surface area contributed by atoms with E-state index in [9.17, 15) is 13.2 Å². The topological polar surface area (TPSA) is 54.2 Å². The Morgan fingerprint density at radius 3 is 2.72 bits per heavy atom. The van der Waals surface area contributed by atoms with Gasteiger partial charge in [-0.1, -0.05) is 12.1 Å². The second-order valence-corrected chi connectivity index (χ2v) is 5.16. The quantitative estimate of drug-likeness (QED) is 0.388. The van der Waals surface area contributed by atoms with Gasteiger partial charge >= 0.3 is 6.55 Å². The van der Waals surface area contributed by atoms with Crippen molar-refractivity contribution in [3.05, 3.63) is 53.4 Å². The van der Waals surface area contributed by atoms with Crippen molar-refractivity contribution in [3.8, 4) is 0 Å². The number of imidazole rings is 1. The largest absolute Gasteiger partial charge is 0.357 e. The SMILES string of the molecule is CCNC(=NCc1ccc(F)c(C)c1)NCc1nccn1C(F)F.I. The number of aromatic nitrogens is 2. The number of aryl methyl sites for hydroxylation is 1. The number of nitrogens with zero attached hydrogens (tertiary/aromatic N) is 3. The monoisotopic (exact) mass is 467 g/mol. The van der Waals surface area contributed by atoms with Gasteiger partial charge in [-0.2, -0.15) is 8.78 Å². The van der Waals surface area contributed by atoms with Crippen molar-refractivity contribution in [2.75, 3.05) is 6.54 Å². The smallest absolute Gasteiger partial charge is 0.319 e. The van der Waals surface area contributed by atoms with Crippen LogP contribution in [0.2, 0.25) is 0 Å². The second kappa shape index (κ2) is 10.3. The van der Waals surface area contributed by atoms with Gasteiger partial charge in [0.1, 0.15) is 11.6 Å². The molecule has 0 aliphatic heterocycles. The van der Waals surface area contributed by atoms with Gasteiger partial charge in [-0.3, -0.25) is 4.57 Å². The molecule has 0 unspecified atom stereocenters. The van der Waals surface area contributed by atoms with Gasteiger partial charge in [0.25, 0.3) is 0 Å². The van der Waals surface area contributed by atoms with E-state index in [0.717, 1.165) is 10.1 Å². The van der Waals surface area contributed by atoms with E-state index in [4.69, 9.17) is 0 Å². The molecule has 0 saturated heterocycles. The molecule has 5 nitrogen and oxygen atoms in total. The molecular formula is C16H21F3IN5. The fourth-order valence-corrected chi connectivity index (χ4v) is 2.14. The van der Waals surface area contributed by atoms with Crippen molar-refractivity contribution in [1.29, 1.82) is 0 Å². The molecule has 138 valence electrons. The fourth-order valence-electron chi connectivity index (χ4n) is 2.14. The zero-order chi connectivity index (χ0) is 17.5. The highest BCUT2D eigenvalue weighted by Gasteiger charge is 2.11. The number of nitrogens with one attached hydrogen (secondary N) is 2. The Balaban J connectivity index is 0.00000312. The van der Waals surface area contributed by atoms with Crippen LogP contribution in [0.3, 0.4) is 0 Å². The van der Waals surface area contributed by atoms with Crippen LogP contribution >= 0.6 is 24.0 Å². The van der Waals surface area contributed by atoms with Gasteiger partial charge < -0.3 is 10.6 Å². The summed E-state index contributed by atoms with van der Waals surface area (Å²) in [5, 5.41) is 5.99. The van der Waals surface area contributed by atoms with E-state index < -0.39 is 6.55 Å². The lowest BCUT2D eigenvalue weighted by molar-refractivity contribution is 0.0668. The summed E-state index contributed by atoms with van der Waals surface area (Å²) in [5.41, 5.74) is 1.42. The van der Waals surface area contributed by atoms with E-state index >= 15 is 0 Å². The summed E-state index contributed by atoms with van der Waals surface area (Å²) in [4.78, 5) is 8.28. The molecule has 1 aromatic carbocycles. The minimum atomic E-state index is -2.63. The maximum Gasteiger partial charge on any atom is 0.319 e. The first-order chi connectivity index (χ1) is 11.5. The molecule has 0 atom stereocenters. The third-order valence-corrected chi connectivity index (χ3v) is 3.36. The first kappa shape index (κ1) is 21.3. The number of aliphatic imine (C=N–C) groups is 1. The summed E-state index contributed by atoms with van der Waals surface area (Å²) in [5.74, 6) is 0.433. The maximum atomic E-state index is 13.3. The number of benzene rings is 1. The number of hydrogen-bond acceptors (Lipinski definition) is 2. The molecule has 2 aromatic rings. The van der Waals surface area contributed by atoms with E-state index in [1.165, 1.54) is 18.5 Å². The van der Waals surface area contributed by atoms with Crippen LogP contribution in [-0.4, -0.2) is 22.1 Å². The average Bonchev–Trinajstić information content (AvgIpc) is 3.02. The summed E-state index contributed by atoms with van der Waals surface area (Å²) in [6.45, 7) is 2.05. The summed E-state index contributed by atoms with van der Waals surface area (Å²) >= 11 is 0. The van der Waals surface area contributed by atoms with Gasteiger partial charge in [0, 0.05) is 18.9 Å². The Hall–Kier alpha value is -1.78. The Kier molecular flexibility index (Phi) is 8.73. The van der Waals surface area contributed by atoms with E-state index in [-0.39, 0.29) is 42.2 Å². The zero-order valence-corrected chi connectivity index (χ0v) is 16.3. The summed E-state index contributed by atoms with van der Waals surface area (Å²) in [6.07, 6.45) is 2.56. The highest BCUT2D eigenvalue weighted by atomic mass is 127. The second-order valence-electron chi connectivity index (χ2n) is 5.16. The predicted molar refractivity (Wildman–Crippen MR) is 102 cm³/mol. The van der Waals surface area contributed by atoms with Crippen LogP contribution in [0, 0.1) is 12.7 Å². The molecule has 0 spiro atoms. The van der Waals surface area contributed by atoms with Crippen molar-refractivity contribution in [2.24, 2.45) is 4.99 Å². The minimum absolute atomic E-state index is 0. The lowest BCUT2D eigenvalue weighted by Crippen LogP contribution is -2.37. The fraction of sp³-hybridized carbons (Fsp3) is 0.375. The lowest BCUT2D eigenvalue weighted by Gasteiger charge is -2.12. The first-order valence-electron chi connectivity index (χ1n) is 7.58. The van der Waals surface area contributed by atoms with Crippen LogP contribution in [-0.2, 0) is 13.1 Å². The molecule has 0 saturated carbocycles. The van der Waals surface area contributed by atoms with E-state index in [1.807, 2.05) is 6.92 Å². The van der Waals surface area contributed by atoms with Crippen LogP contribution in [0.25, 0.3) is 0 Å². The Morgan fingerprint density at radius 1 is 1.32 bits per heavy atom. The molecular weight excluding hydrogens is 446 g/mol. The Labute approximate surface area is 161 Å². The predicted octanol–water partition coefficient (Wildman–Crippen LogP) is 3.60. The maximum absolute atomic E-state index is 13.3. The van der Waals surface area contributed by atoms with Crippen LogP contribution < -0.4 is 10.6 Å². The number of rotatable bonds is 6. The summed E-state index contributed by atoms with van der Waals surface area (Å²) in [7, 11) is 0. The first-order valence-corrected chi connectivity index (χ1v) is 7.58. The number of alkyl halides is 2. The number of hydrogen-bond donors (Lipinski definition) is 2. The third kappa shape index (κ3) is 6.22. The normalized spacial score (nSPS) is 11.4. The molecule has 9 heteroatoms. The molecule has 1 aromatic heterocycles. The molecule has 2 N–H and O–H groups in total. The van der Waals surface area contributed by atoms with Crippen molar-refractivity contribution >= 4 is 29.9 Å². The lowest BCUT2D eigenvalue weighted by atomic mass is 10.1. The van der Waals surface area contributed by atoms with Gasteiger partial charge in [0.2, 0.25) is 0 Å². The van der Waals surface area contributed by atoms with Gasteiger partial charge in [0.05, 0.1) is 13.1 Å². The Bertz CT molecular complexity index is 703. The number of guanidine groups is 1. The molecule has 0 fully saturated rings. The van der Waals surface area contributed by atoms with Crippen molar-refractivity contribution in [2.45, 2.75) is 33.5 Å². The van der Waals surface area contributed by atoms with Crippen molar-refractivity contribution in [1.82, 2.24) is 20.2 Å². The van der Waals surface area contributed by atoms with Crippen LogP contribution in [0.4, 0.5) is 13.2 Å².